The summed E-state index contributed by atoms with van der Waals surface area (Å²) in [6.45, 7) is 5.78. The summed E-state index contributed by atoms with van der Waals surface area (Å²) in [5.74, 6) is 0.952. The molecule has 0 atom stereocenters. The second-order valence-corrected chi connectivity index (χ2v) is 8.11. The second-order valence-electron chi connectivity index (χ2n) is 8.11. The number of rotatable bonds is 7. The standard InChI is InChI=1S/C23H25F3N6O2/c1-15-19(9-10-22(33)29-17-5-7-18(8-6-17)34-23(24,25)26)16(2)32(30-15)21-13-20(27-14-28-21)31-11-3-4-12-31/h5-8,13-14H,3-4,9-12H2,1-2H3,(H,29,33). The third-order valence-corrected chi connectivity index (χ3v) is 5.70. The average Bonchev–Trinajstić information content (AvgIpc) is 3.42. The van der Waals surface area contributed by atoms with Gasteiger partial charge in [0.1, 0.15) is 17.9 Å². The monoisotopic (exact) mass is 474 g/mol. The summed E-state index contributed by atoms with van der Waals surface area (Å²) >= 11 is 0. The van der Waals surface area contributed by atoms with Crippen molar-refractivity contribution in [1.82, 2.24) is 19.7 Å². The Balaban J connectivity index is 1.39. The first-order valence-corrected chi connectivity index (χ1v) is 11.0. The summed E-state index contributed by atoms with van der Waals surface area (Å²) in [5.41, 5.74) is 3.04. The smallest absolute Gasteiger partial charge is 0.406 e. The van der Waals surface area contributed by atoms with Crippen molar-refractivity contribution in [2.45, 2.75) is 45.9 Å². The Morgan fingerprint density at radius 1 is 1.09 bits per heavy atom. The highest BCUT2D eigenvalue weighted by molar-refractivity contribution is 5.90. The Labute approximate surface area is 194 Å². The van der Waals surface area contributed by atoms with E-state index in [0.717, 1.165) is 60.8 Å². The van der Waals surface area contributed by atoms with Crippen molar-refractivity contribution >= 4 is 17.4 Å². The highest BCUT2D eigenvalue weighted by Crippen LogP contribution is 2.25. The molecular weight excluding hydrogens is 449 g/mol. The maximum absolute atomic E-state index is 12.4. The quantitative estimate of drug-likeness (QED) is 0.548. The molecule has 34 heavy (non-hydrogen) atoms. The molecule has 1 aromatic carbocycles. The summed E-state index contributed by atoms with van der Waals surface area (Å²) in [4.78, 5) is 23.4. The molecule has 1 fully saturated rings. The molecule has 1 saturated heterocycles. The molecule has 11 heteroatoms. The number of ether oxygens (including phenoxy) is 1. The van der Waals surface area contributed by atoms with Crippen LogP contribution >= 0.6 is 0 Å². The summed E-state index contributed by atoms with van der Waals surface area (Å²) in [6.07, 6.45) is -0.266. The Hall–Kier alpha value is -3.63. The zero-order chi connectivity index (χ0) is 24.3. The molecule has 1 amide bonds. The lowest BCUT2D eigenvalue weighted by Crippen LogP contribution is -2.19. The van der Waals surface area contributed by atoms with E-state index in [1.54, 1.807) is 4.68 Å². The third kappa shape index (κ3) is 5.64. The fourth-order valence-corrected chi connectivity index (χ4v) is 4.03. The molecule has 180 valence electrons. The highest BCUT2D eigenvalue weighted by atomic mass is 19.4. The Morgan fingerprint density at radius 3 is 2.44 bits per heavy atom. The first-order chi connectivity index (χ1) is 16.2. The van der Waals surface area contributed by atoms with Crippen LogP contribution in [0.4, 0.5) is 24.7 Å². The van der Waals surface area contributed by atoms with Crippen LogP contribution in [0.1, 0.15) is 36.2 Å². The molecule has 0 aliphatic carbocycles. The van der Waals surface area contributed by atoms with Crippen molar-refractivity contribution in [2.75, 3.05) is 23.3 Å². The van der Waals surface area contributed by atoms with Gasteiger partial charge in [0.05, 0.1) is 5.69 Å². The van der Waals surface area contributed by atoms with Gasteiger partial charge in [-0.2, -0.15) is 5.10 Å². The van der Waals surface area contributed by atoms with Crippen molar-refractivity contribution in [2.24, 2.45) is 0 Å². The van der Waals surface area contributed by atoms with Crippen LogP contribution < -0.4 is 15.0 Å². The fraction of sp³-hybridized carbons (Fsp3) is 0.391. The van der Waals surface area contributed by atoms with Crippen LogP contribution in [-0.2, 0) is 11.2 Å². The van der Waals surface area contributed by atoms with Gasteiger partial charge in [-0.25, -0.2) is 14.6 Å². The lowest BCUT2D eigenvalue weighted by atomic mass is 10.1. The predicted octanol–water partition coefficient (Wildman–Crippen LogP) is 4.35. The highest BCUT2D eigenvalue weighted by Gasteiger charge is 2.31. The fourth-order valence-electron chi connectivity index (χ4n) is 4.03. The minimum atomic E-state index is -4.76. The number of hydrogen-bond donors (Lipinski definition) is 1. The van der Waals surface area contributed by atoms with E-state index in [1.165, 1.54) is 18.5 Å². The largest absolute Gasteiger partial charge is 0.573 e. The first-order valence-electron chi connectivity index (χ1n) is 11.0. The number of aryl methyl sites for hydroxylation is 1. The van der Waals surface area contributed by atoms with Gasteiger partial charge in [0, 0.05) is 37.0 Å². The molecule has 8 nitrogen and oxygen atoms in total. The van der Waals surface area contributed by atoms with Gasteiger partial charge in [-0.15, -0.1) is 13.2 Å². The van der Waals surface area contributed by atoms with Crippen LogP contribution in [0.2, 0.25) is 0 Å². The Bertz CT molecular complexity index is 1150. The van der Waals surface area contributed by atoms with Gasteiger partial charge >= 0.3 is 6.36 Å². The van der Waals surface area contributed by atoms with E-state index >= 15 is 0 Å². The lowest BCUT2D eigenvalue weighted by Gasteiger charge is -2.16. The van der Waals surface area contributed by atoms with Crippen LogP contribution in [0.15, 0.2) is 36.7 Å². The number of nitrogens with zero attached hydrogens (tertiary/aromatic N) is 5. The number of hydrogen-bond acceptors (Lipinski definition) is 6. The SMILES string of the molecule is Cc1nn(-c2cc(N3CCCC3)ncn2)c(C)c1CCC(=O)Nc1ccc(OC(F)(F)F)cc1. The van der Waals surface area contributed by atoms with Gasteiger partial charge in [-0.3, -0.25) is 4.79 Å². The average molecular weight is 474 g/mol. The minimum absolute atomic E-state index is 0.191. The normalized spacial score (nSPS) is 13.9. The van der Waals surface area contributed by atoms with Crippen LogP contribution in [0.5, 0.6) is 5.75 Å². The van der Waals surface area contributed by atoms with Gasteiger partial charge in [0.25, 0.3) is 0 Å². The van der Waals surface area contributed by atoms with E-state index in [1.807, 2.05) is 19.9 Å². The number of alkyl halides is 3. The molecule has 0 spiro atoms. The van der Waals surface area contributed by atoms with E-state index in [9.17, 15) is 18.0 Å². The molecule has 1 N–H and O–H groups in total. The summed E-state index contributed by atoms with van der Waals surface area (Å²) in [7, 11) is 0. The van der Waals surface area contributed by atoms with Gasteiger partial charge in [-0.05, 0) is 62.9 Å². The number of nitrogens with one attached hydrogen (secondary N) is 1. The Morgan fingerprint density at radius 2 is 1.76 bits per heavy atom. The number of carbonyl (C=O) groups is 1. The first kappa shape index (κ1) is 23.5. The van der Waals surface area contributed by atoms with E-state index in [-0.39, 0.29) is 18.1 Å². The molecule has 4 rings (SSSR count). The molecule has 1 aliphatic rings. The van der Waals surface area contributed by atoms with E-state index < -0.39 is 6.36 Å². The minimum Gasteiger partial charge on any atom is -0.406 e. The zero-order valence-corrected chi connectivity index (χ0v) is 18.9. The van der Waals surface area contributed by atoms with Crippen molar-refractivity contribution in [3.63, 3.8) is 0 Å². The van der Waals surface area contributed by atoms with Crippen LogP contribution in [-0.4, -0.2) is 45.1 Å². The van der Waals surface area contributed by atoms with Gasteiger partial charge < -0.3 is 15.0 Å². The van der Waals surface area contributed by atoms with Crippen molar-refractivity contribution in [1.29, 1.82) is 0 Å². The summed E-state index contributed by atoms with van der Waals surface area (Å²) in [6, 6.07) is 6.95. The molecule has 3 aromatic rings. The van der Waals surface area contributed by atoms with Crippen LogP contribution in [0.3, 0.4) is 0 Å². The van der Waals surface area contributed by atoms with Gasteiger partial charge in [0.15, 0.2) is 5.82 Å². The van der Waals surface area contributed by atoms with Crippen molar-refractivity contribution in [3.8, 4) is 11.6 Å². The lowest BCUT2D eigenvalue weighted by molar-refractivity contribution is -0.274. The molecule has 1 aliphatic heterocycles. The maximum Gasteiger partial charge on any atom is 0.573 e. The summed E-state index contributed by atoms with van der Waals surface area (Å²) in [5, 5.41) is 7.31. The number of carbonyl (C=O) groups excluding carboxylic acids is 1. The van der Waals surface area contributed by atoms with Gasteiger partial charge in [-0.1, -0.05) is 0 Å². The number of benzene rings is 1. The molecule has 3 heterocycles. The number of anilines is 2. The second kappa shape index (κ2) is 9.70. The van der Waals surface area contributed by atoms with Crippen LogP contribution in [0, 0.1) is 13.8 Å². The number of amides is 1. The maximum atomic E-state index is 12.4. The van der Waals surface area contributed by atoms with E-state index in [0.29, 0.717) is 17.9 Å². The third-order valence-electron chi connectivity index (χ3n) is 5.70. The molecular formula is C23H25F3N6O2. The van der Waals surface area contributed by atoms with E-state index in [2.05, 4.69) is 30.0 Å². The number of aromatic nitrogens is 4. The van der Waals surface area contributed by atoms with E-state index in [4.69, 9.17) is 0 Å². The topological polar surface area (TPSA) is 85.2 Å². The number of halogens is 3. The molecule has 0 saturated carbocycles. The molecule has 0 bridgehead atoms. The van der Waals surface area contributed by atoms with Crippen LogP contribution in [0.25, 0.3) is 5.82 Å². The molecule has 2 aromatic heterocycles. The molecule has 0 radical (unpaired) electrons. The zero-order valence-electron chi connectivity index (χ0n) is 18.9. The van der Waals surface area contributed by atoms with Crippen molar-refractivity contribution < 1.29 is 22.7 Å². The van der Waals surface area contributed by atoms with Crippen molar-refractivity contribution in [3.05, 3.63) is 53.6 Å². The van der Waals surface area contributed by atoms with Gasteiger partial charge in [0.2, 0.25) is 5.91 Å². The molecule has 0 unspecified atom stereocenters. The predicted molar refractivity (Wildman–Crippen MR) is 120 cm³/mol. The summed E-state index contributed by atoms with van der Waals surface area (Å²) < 4.78 is 42.4. The Kier molecular flexibility index (Phi) is 6.71.